The number of anilines is 1. The molecule has 2 aromatic rings. The molecule has 144 valence electrons. The summed E-state index contributed by atoms with van der Waals surface area (Å²) in [4.78, 5) is 38.3. The molecule has 1 fully saturated rings. The van der Waals surface area contributed by atoms with Crippen molar-refractivity contribution >= 4 is 23.6 Å². The van der Waals surface area contributed by atoms with Gasteiger partial charge >= 0.3 is 5.97 Å². The number of hydrogen-bond acceptors (Lipinski definition) is 7. The highest BCUT2D eigenvalue weighted by Gasteiger charge is 2.31. The standard InChI is InChI=1S/C18H21N3O6/c1-11-10-15(20-27-11)19-16(22)12(2)26-18(24)13-5-7-21(8-6-13)17(23)14-4-3-9-25-14/h3-4,9-10,12-13H,5-8H2,1-2H3,(H,19,20,22)/t12-/m1/s1. The molecule has 0 spiro atoms. The number of furan rings is 1. The van der Waals surface area contributed by atoms with Crippen LogP contribution < -0.4 is 5.32 Å². The predicted octanol–water partition coefficient (Wildman–Crippen LogP) is 2.00. The van der Waals surface area contributed by atoms with Crippen molar-refractivity contribution in [2.45, 2.75) is 32.8 Å². The molecule has 1 aliphatic rings. The maximum atomic E-state index is 12.3. The van der Waals surface area contributed by atoms with Gasteiger partial charge in [0.05, 0.1) is 12.2 Å². The largest absolute Gasteiger partial charge is 0.459 e. The average Bonchev–Trinajstić information content (AvgIpc) is 3.33. The van der Waals surface area contributed by atoms with Crippen molar-refractivity contribution in [3.05, 3.63) is 36.0 Å². The second-order valence-corrected chi connectivity index (χ2v) is 6.43. The number of rotatable bonds is 5. The van der Waals surface area contributed by atoms with Gasteiger partial charge in [0.2, 0.25) is 0 Å². The van der Waals surface area contributed by atoms with Gasteiger partial charge in [0, 0.05) is 19.2 Å². The number of piperidine rings is 1. The lowest BCUT2D eigenvalue weighted by atomic mass is 9.97. The van der Waals surface area contributed by atoms with E-state index in [9.17, 15) is 14.4 Å². The van der Waals surface area contributed by atoms with E-state index in [2.05, 4.69) is 10.5 Å². The van der Waals surface area contributed by atoms with Gasteiger partial charge < -0.3 is 23.9 Å². The first-order valence-corrected chi connectivity index (χ1v) is 8.71. The van der Waals surface area contributed by atoms with Crippen molar-refractivity contribution in [3.63, 3.8) is 0 Å². The number of carbonyl (C=O) groups excluding carboxylic acids is 3. The molecular weight excluding hydrogens is 354 g/mol. The Labute approximate surface area is 155 Å². The van der Waals surface area contributed by atoms with E-state index >= 15 is 0 Å². The summed E-state index contributed by atoms with van der Waals surface area (Å²) in [6, 6.07) is 4.84. The summed E-state index contributed by atoms with van der Waals surface area (Å²) in [5.41, 5.74) is 0. The molecule has 3 heterocycles. The first-order valence-electron chi connectivity index (χ1n) is 8.71. The average molecular weight is 375 g/mol. The Hall–Kier alpha value is -3.10. The molecular formula is C18H21N3O6. The highest BCUT2D eigenvalue weighted by atomic mass is 16.5. The smallest absolute Gasteiger partial charge is 0.309 e. The van der Waals surface area contributed by atoms with Crippen molar-refractivity contribution in [2.24, 2.45) is 5.92 Å². The van der Waals surface area contributed by atoms with Crippen molar-refractivity contribution < 1.29 is 28.1 Å². The molecule has 1 N–H and O–H groups in total. The summed E-state index contributed by atoms with van der Waals surface area (Å²) >= 11 is 0. The minimum Gasteiger partial charge on any atom is -0.459 e. The zero-order valence-corrected chi connectivity index (χ0v) is 15.1. The number of amides is 2. The molecule has 0 bridgehead atoms. The molecule has 0 unspecified atom stereocenters. The molecule has 1 saturated heterocycles. The Bertz CT molecular complexity index is 805. The van der Waals surface area contributed by atoms with Crippen LogP contribution in [-0.2, 0) is 14.3 Å². The van der Waals surface area contributed by atoms with Crippen LogP contribution in [-0.4, -0.2) is 47.0 Å². The molecule has 0 saturated carbocycles. The fraction of sp³-hybridized carbons (Fsp3) is 0.444. The van der Waals surface area contributed by atoms with Crippen molar-refractivity contribution in [2.75, 3.05) is 18.4 Å². The van der Waals surface area contributed by atoms with Gasteiger partial charge in [-0.25, -0.2) is 0 Å². The number of hydrogen-bond donors (Lipinski definition) is 1. The number of nitrogens with one attached hydrogen (secondary N) is 1. The Kier molecular flexibility index (Phi) is 5.58. The SMILES string of the molecule is Cc1cc(NC(=O)[C@@H](C)OC(=O)C2CCN(C(=O)c3ccco3)CC2)no1. The van der Waals surface area contributed by atoms with Crippen molar-refractivity contribution in [1.82, 2.24) is 10.1 Å². The minimum absolute atomic E-state index is 0.192. The molecule has 2 aromatic heterocycles. The number of carbonyl (C=O) groups is 3. The third-order valence-corrected chi connectivity index (χ3v) is 4.39. The fourth-order valence-corrected chi connectivity index (χ4v) is 2.85. The third kappa shape index (κ3) is 4.55. The highest BCUT2D eigenvalue weighted by Crippen LogP contribution is 2.21. The van der Waals surface area contributed by atoms with Gasteiger partial charge in [0.1, 0.15) is 5.76 Å². The lowest BCUT2D eigenvalue weighted by molar-refractivity contribution is -0.158. The van der Waals surface area contributed by atoms with Crippen molar-refractivity contribution in [3.8, 4) is 0 Å². The normalized spacial score (nSPS) is 16.0. The van der Waals surface area contributed by atoms with Crippen LogP contribution in [0.1, 0.15) is 36.1 Å². The van der Waals surface area contributed by atoms with Crippen LogP contribution in [0.15, 0.2) is 33.4 Å². The zero-order valence-electron chi connectivity index (χ0n) is 15.1. The van der Waals surface area contributed by atoms with E-state index in [0.29, 0.717) is 31.7 Å². The van der Waals surface area contributed by atoms with Gasteiger partial charge in [-0.1, -0.05) is 5.16 Å². The Morgan fingerprint density at radius 3 is 2.67 bits per heavy atom. The number of esters is 1. The second kappa shape index (κ2) is 8.07. The van der Waals surface area contributed by atoms with E-state index in [0.717, 1.165) is 0 Å². The van der Waals surface area contributed by atoms with E-state index in [-0.39, 0.29) is 23.4 Å². The molecule has 1 aliphatic heterocycles. The Balaban J connectivity index is 1.46. The van der Waals surface area contributed by atoms with E-state index in [1.807, 2.05) is 0 Å². The molecule has 9 nitrogen and oxygen atoms in total. The number of likely N-dealkylation sites (tertiary alicyclic amines) is 1. The summed E-state index contributed by atoms with van der Waals surface area (Å²) in [6.45, 7) is 4.06. The molecule has 27 heavy (non-hydrogen) atoms. The molecule has 0 radical (unpaired) electrons. The van der Waals surface area contributed by atoms with Crippen LogP contribution in [0.4, 0.5) is 5.82 Å². The molecule has 3 rings (SSSR count). The van der Waals surface area contributed by atoms with Gasteiger partial charge in [-0.2, -0.15) is 0 Å². The number of ether oxygens (including phenoxy) is 1. The van der Waals surface area contributed by atoms with Gasteiger partial charge in [-0.05, 0) is 38.8 Å². The fourth-order valence-electron chi connectivity index (χ4n) is 2.85. The lowest BCUT2D eigenvalue weighted by Crippen LogP contribution is -2.41. The third-order valence-electron chi connectivity index (χ3n) is 4.39. The Morgan fingerprint density at radius 2 is 2.07 bits per heavy atom. The van der Waals surface area contributed by atoms with Gasteiger partial charge in [0.25, 0.3) is 11.8 Å². The second-order valence-electron chi connectivity index (χ2n) is 6.43. The summed E-state index contributed by atoms with van der Waals surface area (Å²) < 4.78 is 15.2. The molecule has 0 aromatic carbocycles. The van der Waals surface area contributed by atoms with Crippen LogP contribution in [0.25, 0.3) is 0 Å². The minimum atomic E-state index is -0.961. The zero-order chi connectivity index (χ0) is 19.4. The number of nitrogens with zero attached hydrogens (tertiary/aromatic N) is 2. The van der Waals surface area contributed by atoms with Gasteiger partial charge in [-0.3, -0.25) is 14.4 Å². The Morgan fingerprint density at radius 1 is 1.33 bits per heavy atom. The van der Waals surface area contributed by atoms with E-state index in [4.69, 9.17) is 13.7 Å². The first-order chi connectivity index (χ1) is 12.9. The summed E-state index contributed by atoms with van der Waals surface area (Å²) in [6.07, 6.45) is 1.44. The van der Waals surface area contributed by atoms with Crippen LogP contribution >= 0.6 is 0 Å². The maximum Gasteiger partial charge on any atom is 0.309 e. The lowest BCUT2D eigenvalue weighted by Gasteiger charge is -2.30. The topological polar surface area (TPSA) is 115 Å². The van der Waals surface area contributed by atoms with Crippen LogP contribution in [0.2, 0.25) is 0 Å². The van der Waals surface area contributed by atoms with Gasteiger partial charge in [-0.15, -0.1) is 0 Å². The molecule has 2 amide bonds. The number of aryl methyl sites for hydroxylation is 1. The summed E-state index contributed by atoms with van der Waals surface area (Å²) in [5.74, 6) is -0.362. The first kappa shape index (κ1) is 18.7. The summed E-state index contributed by atoms with van der Waals surface area (Å²) in [5, 5.41) is 6.18. The highest BCUT2D eigenvalue weighted by molar-refractivity contribution is 5.94. The van der Waals surface area contributed by atoms with E-state index in [1.54, 1.807) is 30.0 Å². The molecule has 1 atom stereocenters. The van der Waals surface area contributed by atoms with Gasteiger partial charge in [0.15, 0.2) is 17.7 Å². The predicted molar refractivity (Wildman–Crippen MR) is 92.8 cm³/mol. The van der Waals surface area contributed by atoms with Crippen LogP contribution in [0, 0.1) is 12.8 Å². The maximum absolute atomic E-state index is 12.3. The number of aromatic nitrogens is 1. The monoisotopic (exact) mass is 375 g/mol. The summed E-state index contributed by atoms with van der Waals surface area (Å²) in [7, 11) is 0. The van der Waals surface area contributed by atoms with Crippen LogP contribution in [0.5, 0.6) is 0 Å². The quantitative estimate of drug-likeness (QED) is 0.795. The van der Waals surface area contributed by atoms with Crippen LogP contribution in [0.3, 0.4) is 0 Å². The van der Waals surface area contributed by atoms with E-state index < -0.39 is 18.0 Å². The molecule has 0 aliphatic carbocycles. The van der Waals surface area contributed by atoms with Crippen molar-refractivity contribution in [1.29, 1.82) is 0 Å². The van der Waals surface area contributed by atoms with E-state index in [1.165, 1.54) is 13.2 Å². The molecule has 9 heteroatoms.